The Kier molecular flexibility index (Phi) is 5.17. The molecule has 1 fully saturated rings. The lowest BCUT2D eigenvalue weighted by atomic mass is 10.2. The van der Waals surface area contributed by atoms with Crippen LogP contribution in [0.15, 0.2) is 24.4 Å². The highest BCUT2D eigenvalue weighted by Gasteiger charge is 2.25. The number of aromatic nitrogens is 1. The number of hydrogen-bond acceptors (Lipinski definition) is 4. The van der Waals surface area contributed by atoms with Crippen molar-refractivity contribution in [2.45, 2.75) is 31.8 Å². The van der Waals surface area contributed by atoms with Gasteiger partial charge in [0, 0.05) is 25.3 Å². The number of amides is 2. The minimum atomic E-state index is -0.209. The summed E-state index contributed by atoms with van der Waals surface area (Å²) in [4.78, 5) is 18.3. The van der Waals surface area contributed by atoms with Gasteiger partial charge in [-0.15, -0.1) is 0 Å². The van der Waals surface area contributed by atoms with E-state index in [0.29, 0.717) is 6.42 Å². The summed E-state index contributed by atoms with van der Waals surface area (Å²) in [5, 5.41) is 14.8. The van der Waals surface area contributed by atoms with Crippen LogP contribution in [0.1, 0.15) is 19.8 Å². The van der Waals surface area contributed by atoms with E-state index in [9.17, 15) is 4.79 Å². The summed E-state index contributed by atoms with van der Waals surface area (Å²) in [5.41, 5.74) is 0. The largest absolute Gasteiger partial charge is 0.394 e. The van der Waals surface area contributed by atoms with Gasteiger partial charge in [-0.1, -0.05) is 13.0 Å². The molecule has 0 aromatic carbocycles. The van der Waals surface area contributed by atoms with Crippen LogP contribution in [0.3, 0.4) is 0 Å². The van der Waals surface area contributed by atoms with E-state index in [1.807, 2.05) is 25.1 Å². The van der Waals surface area contributed by atoms with Crippen molar-refractivity contribution in [3.05, 3.63) is 24.4 Å². The van der Waals surface area contributed by atoms with Gasteiger partial charge in [-0.25, -0.2) is 9.78 Å². The molecule has 1 aliphatic heterocycles. The molecule has 1 aliphatic rings. The van der Waals surface area contributed by atoms with Crippen molar-refractivity contribution in [3.8, 4) is 0 Å². The summed E-state index contributed by atoms with van der Waals surface area (Å²) in [6.07, 6.45) is 3.39. The second kappa shape index (κ2) is 7.09. The van der Waals surface area contributed by atoms with Gasteiger partial charge >= 0.3 is 6.03 Å². The number of nitrogens with one attached hydrogen (secondary N) is 2. The smallest absolute Gasteiger partial charge is 0.315 e. The Balaban J connectivity index is 1.80. The van der Waals surface area contributed by atoms with E-state index in [-0.39, 0.29) is 24.7 Å². The summed E-state index contributed by atoms with van der Waals surface area (Å²) < 4.78 is 0. The number of anilines is 1. The molecule has 2 heterocycles. The number of rotatable bonds is 5. The first-order valence-electron chi connectivity index (χ1n) is 7.06. The van der Waals surface area contributed by atoms with Crippen LogP contribution in [0.2, 0.25) is 0 Å². The lowest BCUT2D eigenvalue weighted by molar-refractivity contribution is 0.212. The molecule has 1 aromatic rings. The molecule has 6 nitrogen and oxygen atoms in total. The quantitative estimate of drug-likeness (QED) is 0.742. The first kappa shape index (κ1) is 14.6. The van der Waals surface area contributed by atoms with Crippen molar-refractivity contribution in [3.63, 3.8) is 0 Å². The Bertz CT molecular complexity index is 422. The number of hydrogen-bond donors (Lipinski definition) is 3. The summed E-state index contributed by atoms with van der Waals surface area (Å²) >= 11 is 0. The maximum absolute atomic E-state index is 11.8. The average Bonchev–Trinajstić information content (AvgIpc) is 2.94. The first-order valence-corrected chi connectivity index (χ1v) is 7.06. The second-order valence-electron chi connectivity index (χ2n) is 5.03. The molecule has 0 radical (unpaired) electrons. The van der Waals surface area contributed by atoms with E-state index in [0.717, 1.165) is 25.3 Å². The highest BCUT2D eigenvalue weighted by atomic mass is 16.3. The predicted molar refractivity (Wildman–Crippen MR) is 77.7 cm³/mol. The molecule has 0 spiro atoms. The third-order valence-corrected chi connectivity index (χ3v) is 3.55. The van der Waals surface area contributed by atoms with Crippen LogP contribution in [-0.2, 0) is 0 Å². The Morgan fingerprint density at radius 3 is 3.10 bits per heavy atom. The fourth-order valence-electron chi connectivity index (χ4n) is 2.32. The van der Waals surface area contributed by atoms with Crippen molar-refractivity contribution in [2.75, 3.05) is 24.6 Å². The minimum absolute atomic E-state index is 0.0331. The Morgan fingerprint density at radius 1 is 1.60 bits per heavy atom. The van der Waals surface area contributed by atoms with Gasteiger partial charge in [0.15, 0.2) is 0 Å². The monoisotopic (exact) mass is 278 g/mol. The molecule has 0 aliphatic carbocycles. The Morgan fingerprint density at radius 2 is 2.45 bits per heavy atom. The van der Waals surface area contributed by atoms with Gasteiger partial charge in [0.05, 0.1) is 12.6 Å². The van der Waals surface area contributed by atoms with E-state index >= 15 is 0 Å². The topological polar surface area (TPSA) is 77.5 Å². The van der Waals surface area contributed by atoms with E-state index in [1.54, 1.807) is 6.20 Å². The Labute approximate surface area is 119 Å². The number of pyridine rings is 1. The highest BCUT2D eigenvalue weighted by Crippen LogP contribution is 2.17. The molecule has 1 aromatic heterocycles. The standard InChI is InChI=1S/C14H22N4O2/c1-2-11(10-19)16-14(20)17-12-6-8-18(9-12)13-5-3-4-7-15-13/h3-5,7,11-12,19H,2,6,8-10H2,1H3,(H2,16,17,20). The van der Waals surface area contributed by atoms with Crippen LogP contribution in [0.5, 0.6) is 0 Å². The average molecular weight is 278 g/mol. The van der Waals surface area contributed by atoms with Gasteiger partial charge in [0.25, 0.3) is 0 Å². The molecule has 0 saturated carbocycles. The molecular weight excluding hydrogens is 256 g/mol. The summed E-state index contributed by atoms with van der Waals surface area (Å²) in [5.74, 6) is 0.944. The van der Waals surface area contributed by atoms with E-state index in [1.165, 1.54) is 0 Å². The van der Waals surface area contributed by atoms with Gasteiger partial charge in [-0.3, -0.25) is 0 Å². The molecule has 2 atom stereocenters. The van der Waals surface area contributed by atoms with Crippen molar-refractivity contribution in [1.29, 1.82) is 0 Å². The van der Waals surface area contributed by atoms with Gasteiger partial charge < -0.3 is 20.6 Å². The number of carbonyl (C=O) groups is 1. The van der Waals surface area contributed by atoms with Gasteiger partial charge in [0.2, 0.25) is 0 Å². The number of carbonyl (C=O) groups excluding carboxylic acids is 1. The fourth-order valence-corrected chi connectivity index (χ4v) is 2.32. The van der Waals surface area contributed by atoms with Crippen LogP contribution in [0.25, 0.3) is 0 Å². The third-order valence-electron chi connectivity index (χ3n) is 3.55. The van der Waals surface area contributed by atoms with Crippen LogP contribution in [-0.4, -0.2) is 47.9 Å². The zero-order valence-electron chi connectivity index (χ0n) is 11.7. The van der Waals surface area contributed by atoms with E-state index < -0.39 is 0 Å². The summed E-state index contributed by atoms with van der Waals surface area (Å²) in [6, 6.07) is 5.56. The fraction of sp³-hybridized carbons (Fsp3) is 0.571. The van der Waals surface area contributed by atoms with Crippen molar-refractivity contribution >= 4 is 11.8 Å². The van der Waals surface area contributed by atoms with Gasteiger partial charge in [-0.2, -0.15) is 0 Å². The highest BCUT2D eigenvalue weighted by molar-refractivity contribution is 5.74. The summed E-state index contributed by atoms with van der Waals surface area (Å²) in [6.45, 7) is 3.55. The third kappa shape index (κ3) is 3.84. The van der Waals surface area contributed by atoms with Gasteiger partial charge in [-0.05, 0) is 25.0 Å². The lowest BCUT2D eigenvalue weighted by Crippen LogP contribution is -2.48. The lowest BCUT2D eigenvalue weighted by Gasteiger charge is -2.19. The molecule has 3 N–H and O–H groups in total. The molecule has 2 unspecified atom stereocenters. The van der Waals surface area contributed by atoms with E-state index in [4.69, 9.17) is 5.11 Å². The maximum atomic E-state index is 11.8. The molecular formula is C14H22N4O2. The maximum Gasteiger partial charge on any atom is 0.315 e. The molecule has 20 heavy (non-hydrogen) atoms. The van der Waals surface area contributed by atoms with Crippen LogP contribution < -0.4 is 15.5 Å². The zero-order chi connectivity index (χ0) is 14.4. The molecule has 6 heteroatoms. The zero-order valence-corrected chi connectivity index (χ0v) is 11.7. The predicted octanol–water partition coefficient (Wildman–Crippen LogP) is 0.730. The molecule has 1 saturated heterocycles. The van der Waals surface area contributed by atoms with E-state index in [2.05, 4.69) is 20.5 Å². The van der Waals surface area contributed by atoms with Crippen molar-refractivity contribution in [2.24, 2.45) is 0 Å². The number of nitrogens with zero attached hydrogens (tertiary/aromatic N) is 2. The molecule has 110 valence electrons. The first-order chi connectivity index (χ1) is 9.72. The number of aliphatic hydroxyl groups is 1. The number of urea groups is 1. The van der Waals surface area contributed by atoms with Crippen LogP contribution >= 0.6 is 0 Å². The number of aliphatic hydroxyl groups excluding tert-OH is 1. The van der Waals surface area contributed by atoms with Crippen molar-refractivity contribution < 1.29 is 9.90 Å². The van der Waals surface area contributed by atoms with Crippen LogP contribution in [0, 0.1) is 0 Å². The second-order valence-corrected chi connectivity index (χ2v) is 5.03. The van der Waals surface area contributed by atoms with Gasteiger partial charge in [0.1, 0.15) is 5.82 Å². The minimum Gasteiger partial charge on any atom is -0.394 e. The normalized spacial score (nSPS) is 19.7. The molecule has 2 amide bonds. The van der Waals surface area contributed by atoms with Crippen molar-refractivity contribution in [1.82, 2.24) is 15.6 Å². The molecule has 0 bridgehead atoms. The van der Waals surface area contributed by atoms with Crippen LogP contribution in [0.4, 0.5) is 10.6 Å². The SMILES string of the molecule is CCC(CO)NC(=O)NC1CCN(c2ccccn2)C1. The molecule has 2 rings (SSSR count). The Hall–Kier alpha value is -1.82. The summed E-state index contributed by atoms with van der Waals surface area (Å²) in [7, 11) is 0.